The predicted molar refractivity (Wildman–Crippen MR) is 74.8 cm³/mol. The number of hydrogen-bond donors (Lipinski definition) is 2. The Hall–Kier alpha value is -1.07. The zero-order chi connectivity index (χ0) is 15.4. The van der Waals surface area contributed by atoms with Crippen LogP contribution in [0.1, 0.15) is 5.69 Å². The van der Waals surface area contributed by atoms with Crippen molar-refractivity contribution in [3.63, 3.8) is 0 Å². The molecular weight excluding hydrogens is 304 g/mol. The van der Waals surface area contributed by atoms with E-state index in [0.29, 0.717) is 0 Å². The summed E-state index contributed by atoms with van der Waals surface area (Å²) < 4.78 is 50.4. The Labute approximate surface area is 119 Å². The smallest absolute Gasteiger partial charge is 0.242 e. The number of nitrogens with zero attached hydrogens (tertiary/aromatic N) is 2. The minimum absolute atomic E-state index is 0.0208. The van der Waals surface area contributed by atoms with E-state index >= 15 is 0 Å². The van der Waals surface area contributed by atoms with Crippen LogP contribution in [0.3, 0.4) is 0 Å². The molecule has 1 aromatic rings. The standard InChI is InChI=1S/C10H18N4O4S2/c1-14(2)19(15,16)7-6-13-20(17,18)10-4-3-5-12-9(10)8-11/h3-5,13H,6-8,11H2,1-2H3. The molecule has 0 aliphatic rings. The molecule has 0 aromatic carbocycles. The number of sulfonamides is 2. The van der Waals surface area contributed by atoms with E-state index in [9.17, 15) is 16.8 Å². The third-order valence-electron chi connectivity index (χ3n) is 2.54. The summed E-state index contributed by atoms with van der Waals surface area (Å²) in [5, 5.41) is 0. The second-order valence-corrected chi connectivity index (χ2v) is 8.19. The van der Waals surface area contributed by atoms with Gasteiger partial charge in [-0.05, 0) is 12.1 Å². The average Bonchev–Trinajstić information content (AvgIpc) is 2.38. The minimum atomic E-state index is -3.83. The van der Waals surface area contributed by atoms with Crippen molar-refractivity contribution in [2.45, 2.75) is 11.4 Å². The molecule has 3 N–H and O–H groups in total. The van der Waals surface area contributed by atoms with Gasteiger partial charge in [0, 0.05) is 33.4 Å². The fourth-order valence-electron chi connectivity index (χ4n) is 1.39. The lowest BCUT2D eigenvalue weighted by Crippen LogP contribution is -2.34. The van der Waals surface area contributed by atoms with Gasteiger partial charge in [0.25, 0.3) is 0 Å². The van der Waals surface area contributed by atoms with Gasteiger partial charge in [0.2, 0.25) is 20.0 Å². The highest BCUT2D eigenvalue weighted by molar-refractivity contribution is 7.90. The molecule has 1 heterocycles. The van der Waals surface area contributed by atoms with E-state index in [0.717, 1.165) is 4.31 Å². The molecular formula is C10H18N4O4S2. The van der Waals surface area contributed by atoms with Crippen molar-refractivity contribution in [3.05, 3.63) is 24.0 Å². The fraction of sp³-hybridized carbons (Fsp3) is 0.500. The molecule has 114 valence electrons. The Balaban J connectivity index is 2.82. The van der Waals surface area contributed by atoms with Crippen molar-refractivity contribution >= 4 is 20.0 Å². The highest BCUT2D eigenvalue weighted by Gasteiger charge is 2.20. The van der Waals surface area contributed by atoms with Crippen molar-refractivity contribution in [1.82, 2.24) is 14.0 Å². The Bertz CT molecular complexity index is 656. The second-order valence-electron chi connectivity index (χ2n) is 4.15. The Morgan fingerprint density at radius 3 is 2.50 bits per heavy atom. The topological polar surface area (TPSA) is 122 Å². The Morgan fingerprint density at radius 2 is 1.95 bits per heavy atom. The van der Waals surface area contributed by atoms with Crippen molar-refractivity contribution in [3.8, 4) is 0 Å². The molecule has 0 saturated heterocycles. The molecule has 0 saturated carbocycles. The maximum absolute atomic E-state index is 12.1. The number of rotatable bonds is 7. The molecule has 0 atom stereocenters. The van der Waals surface area contributed by atoms with E-state index in [1.54, 1.807) is 0 Å². The van der Waals surface area contributed by atoms with Crippen molar-refractivity contribution < 1.29 is 16.8 Å². The van der Waals surface area contributed by atoms with Gasteiger partial charge in [-0.2, -0.15) is 0 Å². The van der Waals surface area contributed by atoms with Crippen molar-refractivity contribution in [1.29, 1.82) is 0 Å². The monoisotopic (exact) mass is 322 g/mol. The summed E-state index contributed by atoms with van der Waals surface area (Å²) in [5.41, 5.74) is 5.66. The summed E-state index contributed by atoms with van der Waals surface area (Å²) in [6.07, 6.45) is 1.44. The molecule has 0 aliphatic heterocycles. The minimum Gasteiger partial charge on any atom is -0.325 e. The van der Waals surface area contributed by atoms with Crippen LogP contribution in [0.15, 0.2) is 23.2 Å². The molecule has 20 heavy (non-hydrogen) atoms. The molecule has 0 unspecified atom stereocenters. The average molecular weight is 322 g/mol. The van der Waals surface area contributed by atoms with Crippen LogP contribution in [-0.4, -0.2) is 52.5 Å². The molecule has 0 spiro atoms. The number of nitrogens with two attached hydrogens (primary N) is 1. The first kappa shape index (κ1) is 17.0. The van der Waals surface area contributed by atoms with E-state index in [1.807, 2.05) is 0 Å². The Morgan fingerprint density at radius 1 is 1.30 bits per heavy atom. The third kappa shape index (κ3) is 4.21. The van der Waals surface area contributed by atoms with Gasteiger partial charge in [0.1, 0.15) is 4.90 Å². The summed E-state index contributed by atoms with van der Waals surface area (Å²) in [5.74, 6) is -0.322. The number of nitrogens with one attached hydrogen (secondary N) is 1. The largest absolute Gasteiger partial charge is 0.325 e. The van der Waals surface area contributed by atoms with Gasteiger partial charge in [-0.3, -0.25) is 4.98 Å². The van der Waals surface area contributed by atoms with Crippen LogP contribution in [0.4, 0.5) is 0 Å². The number of hydrogen-bond acceptors (Lipinski definition) is 6. The number of aromatic nitrogens is 1. The SMILES string of the molecule is CN(C)S(=O)(=O)CCNS(=O)(=O)c1cccnc1CN. The fourth-order valence-corrected chi connectivity index (χ4v) is 3.47. The van der Waals surface area contributed by atoms with Crippen LogP contribution in [0.2, 0.25) is 0 Å². The van der Waals surface area contributed by atoms with E-state index < -0.39 is 20.0 Å². The zero-order valence-corrected chi connectivity index (χ0v) is 12.9. The molecule has 0 bridgehead atoms. The van der Waals surface area contributed by atoms with E-state index in [4.69, 9.17) is 5.73 Å². The summed E-state index contributed by atoms with van der Waals surface area (Å²) in [7, 11) is -4.51. The molecule has 10 heteroatoms. The van der Waals surface area contributed by atoms with Crippen molar-refractivity contribution in [2.24, 2.45) is 5.73 Å². The van der Waals surface area contributed by atoms with Crippen molar-refractivity contribution in [2.75, 3.05) is 26.4 Å². The quantitative estimate of drug-likeness (QED) is 0.644. The number of pyridine rings is 1. The van der Waals surface area contributed by atoms with Crippen LogP contribution in [0.25, 0.3) is 0 Å². The van der Waals surface area contributed by atoms with Gasteiger partial charge in [0.15, 0.2) is 0 Å². The van der Waals surface area contributed by atoms with Crippen LogP contribution in [0, 0.1) is 0 Å². The molecule has 0 amide bonds. The van der Waals surface area contributed by atoms with Crippen LogP contribution < -0.4 is 10.5 Å². The van der Waals surface area contributed by atoms with Gasteiger partial charge in [-0.15, -0.1) is 0 Å². The first-order valence-electron chi connectivity index (χ1n) is 5.74. The molecule has 0 fully saturated rings. The normalized spacial score (nSPS) is 12.8. The highest BCUT2D eigenvalue weighted by atomic mass is 32.2. The summed E-state index contributed by atoms with van der Waals surface area (Å²) in [6, 6.07) is 2.85. The van der Waals surface area contributed by atoms with E-state index in [-0.39, 0.29) is 29.4 Å². The highest BCUT2D eigenvalue weighted by Crippen LogP contribution is 2.11. The lowest BCUT2D eigenvalue weighted by molar-refractivity contribution is 0.519. The van der Waals surface area contributed by atoms with E-state index in [2.05, 4.69) is 9.71 Å². The van der Waals surface area contributed by atoms with Gasteiger partial charge < -0.3 is 5.73 Å². The molecule has 0 aliphatic carbocycles. The van der Waals surface area contributed by atoms with Gasteiger partial charge >= 0.3 is 0 Å². The Kier molecular flexibility index (Phi) is 5.59. The molecule has 1 aromatic heterocycles. The summed E-state index contributed by atoms with van der Waals surface area (Å²) >= 11 is 0. The van der Waals surface area contributed by atoms with Gasteiger partial charge in [0.05, 0.1) is 11.4 Å². The zero-order valence-electron chi connectivity index (χ0n) is 11.3. The first-order chi connectivity index (χ1) is 9.20. The lowest BCUT2D eigenvalue weighted by atomic mass is 10.3. The first-order valence-corrected chi connectivity index (χ1v) is 8.84. The summed E-state index contributed by atoms with van der Waals surface area (Å²) in [6.45, 7) is -0.241. The predicted octanol–water partition coefficient (Wildman–Crippen LogP) is -1.29. The maximum atomic E-state index is 12.1. The van der Waals surface area contributed by atoms with Crippen LogP contribution in [-0.2, 0) is 26.6 Å². The lowest BCUT2D eigenvalue weighted by Gasteiger charge is -2.12. The van der Waals surface area contributed by atoms with Crippen LogP contribution >= 0.6 is 0 Å². The van der Waals surface area contributed by atoms with E-state index in [1.165, 1.54) is 32.4 Å². The maximum Gasteiger partial charge on any atom is 0.242 e. The molecule has 0 radical (unpaired) electrons. The van der Waals surface area contributed by atoms with Crippen LogP contribution in [0.5, 0.6) is 0 Å². The molecule has 1 rings (SSSR count). The summed E-state index contributed by atoms with van der Waals surface area (Å²) in [4.78, 5) is 3.84. The molecule has 8 nitrogen and oxygen atoms in total. The second kappa shape index (κ2) is 6.59. The third-order valence-corrected chi connectivity index (χ3v) is 5.91. The van der Waals surface area contributed by atoms with Gasteiger partial charge in [-0.1, -0.05) is 0 Å². The van der Waals surface area contributed by atoms with Gasteiger partial charge in [-0.25, -0.2) is 25.9 Å².